The van der Waals surface area contributed by atoms with E-state index in [0.717, 1.165) is 38.4 Å². The summed E-state index contributed by atoms with van der Waals surface area (Å²) >= 11 is 6.17. The van der Waals surface area contributed by atoms with Gasteiger partial charge in [-0.15, -0.1) is 0 Å². The van der Waals surface area contributed by atoms with Crippen LogP contribution in [0.1, 0.15) is 24.2 Å². The molecule has 2 aromatic rings. The van der Waals surface area contributed by atoms with Crippen molar-refractivity contribution in [1.82, 2.24) is 4.90 Å². The summed E-state index contributed by atoms with van der Waals surface area (Å²) in [6, 6.07) is 9.56. The molecule has 0 aliphatic carbocycles. The zero-order valence-corrected chi connectivity index (χ0v) is 17.8. The lowest BCUT2D eigenvalue weighted by molar-refractivity contribution is -0.385. The minimum Gasteiger partial charge on any atom is -0.487 e. The van der Waals surface area contributed by atoms with Gasteiger partial charge in [-0.05, 0) is 43.8 Å². The Labute approximate surface area is 180 Å². The van der Waals surface area contributed by atoms with Crippen LogP contribution in [0.25, 0.3) is 0 Å². The van der Waals surface area contributed by atoms with Crippen LogP contribution in [0.2, 0.25) is 5.02 Å². The number of hydrogen-bond acceptors (Lipinski definition) is 6. The van der Waals surface area contributed by atoms with Gasteiger partial charge in [0.15, 0.2) is 5.75 Å². The van der Waals surface area contributed by atoms with Crippen LogP contribution in [0.15, 0.2) is 36.4 Å². The zero-order chi connectivity index (χ0) is 21.7. The monoisotopic (exact) mass is 432 g/mol. The number of likely N-dealkylation sites (N-methyl/N-ethyl adjacent to an activating group) is 1. The van der Waals surface area contributed by atoms with Crippen molar-refractivity contribution in [2.75, 3.05) is 49.5 Å². The number of nitrogens with zero attached hydrogens (tertiary/aromatic N) is 3. The van der Waals surface area contributed by atoms with Crippen LogP contribution in [0.5, 0.6) is 5.75 Å². The largest absolute Gasteiger partial charge is 0.487 e. The third-order valence-electron chi connectivity index (χ3n) is 5.08. The van der Waals surface area contributed by atoms with E-state index in [-0.39, 0.29) is 17.0 Å². The summed E-state index contributed by atoms with van der Waals surface area (Å²) in [5.74, 6) is -0.312. The topological polar surface area (TPSA) is 88.0 Å². The number of halogens is 1. The molecule has 0 saturated carbocycles. The molecule has 160 valence electrons. The number of amides is 1. The number of nitro groups is 1. The fraction of sp³-hybridized carbons (Fsp3) is 0.381. The summed E-state index contributed by atoms with van der Waals surface area (Å²) in [4.78, 5) is 28.2. The molecule has 1 N–H and O–H groups in total. The fourth-order valence-corrected chi connectivity index (χ4v) is 3.63. The SMILES string of the molecule is CCOc1ccc(C(=O)Nc2cc(Cl)ccc2N2CCN(CC)CC2)cc1[N+](=O)[O-]. The molecule has 1 heterocycles. The van der Waals surface area contributed by atoms with Gasteiger partial charge >= 0.3 is 5.69 Å². The van der Waals surface area contributed by atoms with E-state index in [1.807, 2.05) is 6.07 Å². The number of nitrogens with one attached hydrogen (secondary N) is 1. The number of carbonyl (C=O) groups excluding carboxylic acids is 1. The number of ether oxygens (including phenoxy) is 1. The molecule has 0 aromatic heterocycles. The molecule has 1 amide bonds. The molecule has 1 aliphatic rings. The second-order valence-corrected chi connectivity index (χ2v) is 7.35. The van der Waals surface area contributed by atoms with Crippen molar-refractivity contribution in [2.45, 2.75) is 13.8 Å². The summed E-state index contributed by atoms with van der Waals surface area (Å²) in [6.07, 6.45) is 0. The van der Waals surface area contributed by atoms with E-state index in [4.69, 9.17) is 16.3 Å². The molecule has 1 fully saturated rings. The number of rotatable bonds is 7. The minimum atomic E-state index is -0.556. The van der Waals surface area contributed by atoms with Gasteiger partial charge in [0, 0.05) is 42.8 Å². The maximum Gasteiger partial charge on any atom is 0.311 e. The predicted molar refractivity (Wildman–Crippen MR) is 118 cm³/mol. The summed E-state index contributed by atoms with van der Waals surface area (Å²) in [5, 5.41) is 14.7. The number of hydrogen-bond donors (Lipinski definition) is 1. The van der Waals surface area contributed by atoms with Gasteiger partial charge in [0.1, 0.15) is 0 Å². The molecule has 0 radical (unpaired) electrons. The van der Waals surface area contributed by atoms with Gasteiger partial charge in [-0.25, -0.2) is 0 Å². The highest BCUT2D eigenvalue weighted by atomic mass is 35.5. The average molecular weight is 433 g/mol. The molecule has 3 rings (SSSR count). The number of anilines is 2. The van der Waals surface area contributed by atoms with Gasteiger partial charge in [0.05, 0.1) is 22.9 Å². The lowest BCUT2D eigenvalue weighted by Crippen LogP contribution is -2.46. The predicted octanol–water partition coefficient (Wildman–Crippen LogP) is 4.04. The Morgan fingerprint density at radius 1 is 1.17 bits per heavy atom. The molecule has 0 bridgehead atoms. The van der Waals surface area contributed by atoms with Gasteiger partial charge < -0.3 is 19.9 Å². The smallest absolute Gasteiger partial charge is 0.311 e. The second-order valence-electron chi connectivity index (χ2n) is 6.91. The first-order valence-corrected chi connectivity index (χ1v) is 10.3. The van der Waals surface area contributed by atoms with Crippen LogP contribution in [-0.4, -0.2) is 55.1 Å². The van der Waals surface area contributed by atoms with Gasteiger partial charge in [-0.3, -0.25) is 14.9 Å². The van der Waals surface area contributed by atoms with Crippen LogP contribution in [0.4, 0.5) is 17.1 Å². The summed E-state index contributed by atoms with van der Waals surface area (Å²) < 4.78 is 5.28. The fourth-order valence-electron chi connectivity index (χ4n) is 3.46. The molecular weight excluding hydrogens is 408 g/mol. The van der Waals surface area contributed by atoms with E-state index < -0.39 is 10.8 Å². The molecule has 1 saturated heterocycles. The Hall–Kier alpha value is -2.84. The van der Waals surface area contributed by atoms with E-state index in [1.54, 1.807) is 19.1 Å². The van der Waals surface area contributed by atoms with E-state index >= 15 is 0 Å². The Morgan fingerprint density at radius 2 is 1.90 bits per heavy atom. The lowest BCUT2D eigenvalue weighted by Gasteiger charge is -2.36. The Morgan fingerprint density at radius 3 is 2.53 bits per heavy atom. The third-order valence-corrected chi connectivity index (χ3v) is 5.32. The summed E-state index contributed by atoms with van der Waals surface area (Å²) in [6.45, 7) is 8.75. The Bertz CT molecular complexity index is 929. The van der Waals surface area contributed by atoms with Crippen molar-refractivity contribution >= 4 is 34.6 Å². The van der Waals surface area contributed by atoms with Gasteiger partial charge in [-0.1, -0.05) is 18.5 Å². The molecule has 0 atom stereocenters. The standard InChI is InChI=1S/C21H25ClN4O4/c1-3-24-9-11-25(12-10-24)18-7-6-16(22)14-17(18)23-21(27)15-5-8-20(30-4-2)19(13-15)26(28)29/h5-8,13-14H,3-4,9-12H2,1-2H3,(H,23,27). The van der Waals surface area contributed by atoms with E-state index in [1.165, 1.54) is 18.2 Å². The first-order chi connectivity index (χ1) is 14.4. The van der Waals surface area contributed by atoms with Gasteiger partial charge in [0.2, 0.25) is 0 Å². The minimum absolute atomic E-state index is 0.135. The first kappa shape index (κ1) is 21.9. The zero-order valence-electron chi connectivity index (χ0n) is 17.1. The third kappa shape index (κ3) is 5.01. The van der Waals surface area contributed by atoms with Crippen LogP contribution in [0, 0.1) is 10.1 Å². The van der Waals surface area contributed by atoms with Crippen molar-refractivity contribution in [3.8, 4) is 5.75 Å². The van der Waals surface area contributed by atoms with Gasteiger partial charge in [-0.2, -0.15) is 0 Å². The summed E-state index contributed by atoms with van der Waals surface area (Å²) in [7, 11) is 0. The highest BCUT2D eigenvalue weighted by molar-refractivity contribution is 6.31. The van der Waals surface area contributed by atoms with Crippen LogP contribution < -0.4 is 15.0 Å². The molecule has 1 aliphatic heterocycles. The van der Waals surface area contributed by atoms with Crippen LogP contribution in [-0.2, 0) is 0 Å². The number of nitro benzene ring substituents is 1. The quantitative estimate of drug-likeness (QED) is 0.524. The molecule has 2 aromatic carbocycles. The van der Waals surface area contributed by atoms with E-state index in [9.17, 15) is 14.9 Å². The van der Waals surface area contributed by atoms with Crippen molar-refractivity contribution in [3.63, 3.8) is 0 Å². The van der Waals surface area contributed by atoms with E-state index in [2.05, 4.69) is 22.0 Å². The molecule has 0 unspecified atom stereocenters. The highest BCUT2D eigenvalue weighted by Gasteiger charge is 2.22. The molecule has 9 heteroatoms. The maximum absolute atomic E-state index is 12.9. The van der Waals surface area contributed by atoms with Crippen LogP contribution in [0.3, 0.4) is 0 Å². The number of carbonyl (C=O) groups is 1. The van der Waals surface area contributed by atoms with E-state index in [0.29, 0.717) is 17.3 Å². The van der Waals surface area contributed by atoms with Crippen molar-refractivity contribution in [3.05, 3.63) is 57.1 Å². The second kappa shape index (κ2) is 9.77. The van der Waals surface area contributed by atoms with Crippen molar-refractivity contribution < 1.29 is 14.5 Å². The Balaban J connectivity index is 1.84. The first-order valence-electron chi connectivity index (χ1n) is 9.92. The number of benzene rings is 2. The van der Waals surface area contributed by atoms with Crippen molar-refractivity contribution in [1.29, 1.82) is 0 Å². The van der Waals surface area contributed by atoms with Gasteiger partial charge in [0.25, 0.3) is 5.91 Å². The maximum atomic E-state index is 12.9. The molecular formula is C21H25ClN4O4. The molecule has 8 nitrogen and oxygen atoms in total. The van der Waals surface area contributed by atoms with Crippen molar-refractivity contribution in [2.24, 2.45) is 0 Å². The Kier molecular flexibility index (Phi) is 7.12. The molecule has 0 spiro atoms. The summed E-state index contributed by atoms with van der Waals surface area (Å²) in [5.41, 5.74) is 1.39. The lowest BCUT2D eigenvalue weighted by atomic mass is 10.1. The highest BCUT2D eigenvalue weighted by Crippen LogP contribution is 2.32. The molecule has 30 heavy (non-hydrogen) atoms. The van der Waals surface area contributed by atoms with Crippen LogP contribution >= 0.6 is 11.6 Å². The normalized spacial score (nSPS) is 14.4. The number of piperazine rings is 1. The average Bonchev–Trinajstić information content (AvgIpc) is 2.74.